The van der Waals surface area contributed by atoms with E-state index < -0.39 is 28.5 Å². The third-order valence-electron chi connectivity index (χ3n) is 4.63. The molecule has 0 spiro atoms. The molecule has 0 aliphatic carbocycles. The molecule has 2 N–H and O–H groups in total. The summed E-state index contributed by atoms with van der Waals surface area (Å²) in [5.74, 6) is -1.30. The topological polar surface area (TPSA) is 111 Å². The third-order valence-corrected chi connectivity index (χ3v) is 6.03. The van der Waals surface area contributed by atoms with E-state index in [4.69, 9.17) is 9.47 Å². The van der Waals surface area contributed by atoms with Gasteiger partial charge in [-0.3, -0.25) is 9.52 Å². The molecule has 0 fully saturated rings. The average molecular weight is 469 g/mol. The fraction of sp³-hybridized carbons (Fsp3) is 0.167. The van der Waals surface area contributed by atoms with Gasteiger partial charge in [-0.2, -0.15) is 0 Å². The Labute approximate surface area is 192 Å². The molecule has 9 heteroatoms. The van der Waals surface area contributed by atoms with Gasteiger partial charge in [-0.1, -0.05) is 29.8 Å². The maximum Gasteiger partial charge on any atom is 0.338 e. The summed E-state index contributed by atoms with van der Waals surface area (Å²) in [6.45, 7) is 3.25. The maximum atomic E-state index is 12.9. The summed E-state index contributed by atoms with van der Waals surface area (Å²) in [6, 6.07) is 17.8. The van der Waals surface area contributed by atoms with Crippen LogP contribution in [0.2, 0.25) is 0 Å². The Morgan fingerprint density at radius 3 is 2.27 bits per heavy atom. The van der Waals surface area contributed by atoms with E-state index in [9.17, 15) is 18.0 Å². The van der Waals surface area contributed by atoms with Gasteiger partial charge in [0, 0.05) is 11.4 Å². The zero-order valence-electron chi connectivity index (χ0n) is 18.4. The lowest BCUT2D eigenvalue weighted by Crippen LogP contribution is -2.21. The number of amides is 1. The van der Waals surface area contributed by atoms with Crippen molar-refractivity contribution in [2.45, 2.75) is 18.7 Å². The largest absolute Gasteiger partial charge is 0.495 e. The first-order chi connectivity index (χ1) is 15.7. The second-order valence-electron chi connectivity index (χ2n) is 7.33. The van der Waals surface area contributed by atoms with Crippen molar-refractivity contribution in [2.75, 3.05) is 23.8 Å². The molecule has 0 radical (unpaired) electrons. The fourth-order valence-electron chi connectivity index (χ4n) is 2.98. The number of carbonyl (C=O) groups excluding carboxylic acids is 2. The van der Waals surface area contributed by atoms with E-state index >= 15 is 0 Å². The van der Waals surface area contributed by atoms with Gasteiger partial charge in [0.05, 0.1) is 12.7 Å². The first kappa shape index (κ1) is 23.8. The molecular weight excluding hydrogens is 444 g/mol. The number of ether oxygens (including phenoxy) is 2. The molecule has 1 amide bonds. The Morgan fingerprint density at radius 1 is 0.879 bits per heavy atom. The third kappa shape index (κ3) is 6.33. The number of rotatable bonds is 8. The van der Waals surface area contributed by atoms with Crippen LogP contribution in [0.4, 0.5) is 11.4 Å². The molecule has 3 aromatic carbocycles. The quantitative estimate of drug-likeness (QED) is 0.485. The summed E-state index contributed by atoms with van der Waals surface area (Å²) in [5, 5.41) is 2.63. The van der Waals surface area contributed by atoms with Gasteiger partial charge in [0.25, 0.3) is 15.9 Å². The van der Waals surface area contributed by atoms with Crippen molar-refractivity contribution in [1.29, 1.82) is 0 Å². The first-order valence-electron chi connectivity index (χ1n) is 9.99. The fourth-order valence-corrected chi connectivity index (χ4v) is 4.23. The van der Waals surface area contributed by atoms with Crippen LogP contribution >= 0.6 is 0 Å². The van der Waals surface area contributed by atoms with Gasteiger partial charge >= 0.3 is 5.97 Å². The number of methoxy groups -OCH3 is 1. The number of hydrogen-bond donors (Lipinski definition) is 2. The van der Waals surface area contributed by atoms with Crippen LogP contribution in [0.25, 0.3) is 0 Å². The lowest BCUT2D eigenvalue weighted by molar-refractivity contribution is -0.119. The van der Waals surface area contributed by atoms with Crippen LogP contribution in [0.3, 0.4) is 0 Å². The van der Waals surface area contributed by atoms with Crippen molar-refractivity contribution >= 4 is 33.3 Å². The van der Waals surface area contributed by atoms with Crippen molar-refractivity contribution in [1.82, 2.24) is 0 Å². The van der Waals surface area contributed by atoms with Gasteiger partial charge < -0.3 is 14.8 Å². The molecule has 0 saturated carbocycles. The summed E-state index contributed by atoms with van der Waals surface area (Å²) >= 11 is 0. The van der Waals surface area contributed by atoms with Crippen molar-refractivity contribution in [3.63, 3.8) is 0 Å². The van der Waals surface area contributed by atoms with Gasteiger partial charge in [-0.05, 0) is 61.9 Å². The number of benzene rings is 3. The van der Waals surface area contributed by atoms with Crippen molar-refractivity contribution in [3.05, 3.63) is 83.4 Å². The van der Waals surface area contributed by atoms with Gasteiger partial charge in [-0.15, -0.1) is 0 Å². The molecule has 3 aromatic rings. The Morgan fingerprint density at radius 2 is 1.61 bits per heavy atom. The minimum absolute atomic E-state index is 0.0385. The number of esters is 1. The maximum absolute atomic E-state index is 12.9. The lowest BCUT2D eigenvalue weighted by Gasteiger charge is -2.13. The predicted molar refractivity (Wildman–Crippen MR) is 125 cm³/mol. The Kier molecular flexibility index (Phi) is 7.34. The Bertz CT molecular complexity index is 1270. The molecule has 0 unspecified atom stereocenters. The van der Waals surface area contributed by atoms with Crippen LogP contribution in [0.5, 0.6) is 5.75 Å². The lowest BCUT2D eigenvalue weighted by atomic mass is 10.2. The van der Waals surface area contributed by atoms with Crippen LogP contribution in [-0.2, 0) is 19.6 Å². The van der Waals surface area contributed by atoms with Crippen LogP contribution in [0.15, 0.2) is 71.6 Å². The molecule has 0 aliphatic rings. The second kappa shape index (κ2) is 10.2. The number of hydrogen-bond acceptors (Lipinski definition) is 6. The van der Waals surface area contributed by atoms with Crippen LogP contribution in [-0.4, -0.2) is 34.0 Å². The minimum Gasteiger partial charge on any atom is -0.495 e. The number of sulfonamides is 1. The Hall–Kier alpha value is -3.85. The molecule has 0 bridgehead atoms. The summed E-state index contributed by atoms with van der Waals surface area (Å²) in [4.78, 5) is 24.3. The van der Waals surface area contributed by atoms with E-state index in [1.807, 2.05) is 19.9 Å². The van der Waals surface area contributed by atoms with Crippen LogP contribution in [0.1, 0.15) is 21.5 Å². The molecule has 0 atom stereocenters. The second-order valence-corrected chi connectivity index (χ2v) is 8.98. The van der Waals surface area contributed by atoms with Crippen LogP contribution < -0.4 is 14.8 Å². The number of carbonyl (C=O) groups is 2. The molecule has 172 valence electrons. The molecule has 0 aromatic heterocycles. The van der Waals surface area contributed by atoms with E-state index in [1.165, 1.54) is 19.2 Å². The Balaban J connectivity index is 1.73. The number of nitrogens with one attached hydrogen (secondary N) is 2. The minimum atomic E-state index is -4.06. The average Bonchev–Trinajstić information content (AvgIpc) is 2.78. The number of aryl methyl sites for hydroxylation is 2. The first-order valence-corrected chi connectivity index (χ1v) is 11.5. The zero-order valence-corrected chi connectivity index (χ0v) is 19.2. The molecule has 0 saturated heterocycles. The van der Waals surface area contributed by atoms with E-state index in [-0.39, 0.29) is 16.2 Å². The molecular formula is C24H24N2O6S. The van der Waals surface area contributed by atoms with E-state index in [0.29, 0.717) is 11.4 Å². The van der Waals surface area contributed by atoms with Gasteiger partial charge in [-0.25, -0.2) is 13.2 Å². The molecule has 8 nitrogen and oxygen atoms in total. The van der Waals surface area contributed by atoms with E-state index in [0.717, 1.165) is 17.2 Å². The summed E-state index contributed by atoms with van der Waals surface area (Å²) < 4.78 is 38.5. The summed E-state index contributed by atoms with van der Waals surface area (Å²) in [5.41, 5.74) is 2.85. The highest BCUT2D eigenvalue weighted by atomic mass is 32.2. The summed E-state index contributed by atoms with van der Waals surface area (Å²) in [6.07, 6.45) is 0. The highest BCUT2D eigenvalue weighted by Gasteiger charge is 2.23. The normalized spacial score (nSPS) is 10.9. The smallest absolute Gasteiger partial charge is 0.338 e. The predicted octanol–water partition coefficient (Wildman–Crippen LogP) is 3.91. The number of anilines is 2. The van der Waals surface area contributed by atoms with Crippen LogP contribution in [0, 0.1) is 13.8 Å². The molecule has 3 rings (SSSR count). The zero-order chi connectivity index (χ0) is 24.0. The van der Waals surface area contributed by atoms with Gasteiger partial charge in [0.15, 0.2) is 6.61 Å². The van der Waals surface area contributed by atoms with Gasteiger partial charge in [0.1, 0.15) is 10.6 Å². The van der Waals surface area contributed by atoms with Gasteiger partial charge in [0.2, 0.25) is 0 Å². The SMILES string of the molecule is COc1ccc(C(=O)OCC(=O)Nc2cccc(C)c2)cc1S(=O)(=O)Nc1ccc(C)cc1. The highest BCUT2D eigenvalue weighted by Crippen LogP contribution is 2.27. The van der Waals surface area contributed by atoms with Crippen molar-refractivity contribution in [2.24, 2.45) is 0 Å². The molecule has 33 heavy (non-hydrogen) atoms. The summed E-state index contributed by atoms with van der Waals surface area (Å²) in [7, 11) is -2.74. The van der Waals surface area contributed by atoms with E-state index in [2.05, 4.69) is 10.0 Å². The standard InChI is InChI=1S/C24H24N2O6S/c1-16-7-10-19(11-8-16)26-33(29,30)22-14-18(9-12-21(22)31-3)24(28)32-15-23(27)25-20-6-4-5-17(2)13-20/h4-14,26H,15H2,1-3H3,(H,25,27). The molecule has 0 aliphatic heterocycles. The highest BCUT2D eigenvalue weighted by molar-refractivity contribution is 7.92. The monoisotopic (exact) mass is 468 g/mol. The molecule has 0 heterocycles. The van der Waals surface area contributed by atoms with E-state index in [1.54, 1.807) is 42.5 Å². The van der Waals surface area contributed by atoms with Crippen molar-refractivity contribution in [3.8, 4) is 5.75 Å². The van der Waals surface area contributed by atoms with Crippen molar-refractivity contribution < 1.29 is 27.5 Å².